The third kappa shape index (κ3) is 8.65. The Morgan fingerprint density at radius 3 is 1.16 bits per heavy atom. The van der Waals surface area contributed by atoms with Gasteiger partial charge in [0.15, 0.2) is 0 Å². The molecule has 102 valence electrons. The van der Waals surface area contributed by atoms with Gasteiger partial charge in [-0.05, 0) is 0 Å². The highest BCUT2D eigenvalue weighted by molar-refractivity contribution is 6.45. The molecule has 0 saturated carbocycles. The molecule has 10 heteroatoms. The van der Waals surface area contributed by atoms with Gasteiger partial charge in [0.25, 0.3) is 0 Å². The van der Waals surface area contributed by atoms with Gasteiger partial charge >= 0.3 is 33.1 Å². The first-order chi connectivity index (χ1) is 9.03. The maximum Gasteiger partial charge on any atom is 1.20 e. The zero-order valence-corrected chi connectivity index (χ0v) is 10.3. The van der Waals surface area contributed by atoms with Gasteiger partial charge in [-0.2, -0.15) is 0 Å². The van der Waals surface area contributed by atoms with Gasteiger partial charge in [-0.25, -0.2) is 13.2 Å². The zero-order chi connectivity index (χ0) is 14.7. The van der Waals surface area contributed by atoms with E-state index in [9.17, 15) is 27.6 Å². The first kappa shape index (κ1) is 17.0. The molecule has 0 aliphatic carbocycles. The van der Waals surface area contributed by atoms with Crippen LogP contribution in [0.5, 0.6) is 0 Å². The minimum Gasteiger partial charge on any atom is -0.547 e. The van der Waals surface area contributed by atoms with E-state index in [1.54, 1.807) is 0 Å². The summed E-state index contributed by atoms with van der Waals surface area (Å²) in [6, 6.07) is 0. The van der Waals surface area contributed by atoms with E-state index in [-0.39, 0.29) is 19.0 Å². The van der Waals surface area contributed by atoms with E-state index in [1.807, 2.05) is 0 Å². The van der Waals surface area contributed by atoms with Crippen molar-refractivity contribution in [3.63, 3.8) is 0 Å². The lowest BCUT2D eigenvalue weighted by Gasteiger charge is -2.09. The fourth-order valence-electron chi connectivity index (χ4n) is 0.629. The van der Waals surface area contributed by atoms with Crippen LogP contribution in [0.4, 0.5) is 13.2 Å². The van der Waals surface area contributed by atoms with Crippen molar-refractivity contribution in [3.8, 4) is 0 Å². The van der Waals surface area contributed by atoms with Gasteiger partial charge in [0.05, 0.1) is 19.0 Å². The van der Waals surface area contributed by atoms with E-state index in [1.165, 1.54) is 0 Å². The van der Waals surface area contributed by atoms with Crippen LogP contribution in [-0.4, -0.2) is 33.1 Å². The molecule has 0 atom stereocenters. The largest absolute Gasteiger partial charge is 1.20 e. The van der Waals surface area contributed by atoms with Crippen LogP contribution in [0.3, 0.4) is 0 Å². The third-order valence-electron chi connectivity index (χ3n) is 1.23. The predicted molar refractivity (Wildman–Crippen MR) is 54.8 cm³/mol. The Kier molecular flexibility index (Phi) is 8.86. The highest BCUT2D eigenvalue weighted by Gasteiger charge is 2.48. The molecule has 0 spiro atoms. The van der Waals surface area contributed by atoms with Crippen molar-refractivity contribution in [2.45, 2.75) is 0 Å². The van der Waals surface area contributed by atoms with Gasteiger partial charge < -0.3 is 11.4 Å². The summed E-state index contributed by atoms with van der Waals surface area (Å²) in [7, 11) is 0. The average Bonchev–Trinajstić information content (AvgIpc) is 2.29. The molecule has 0 fully saturated rings. The Morgan fingerprint density at radius 1 is 0.684 bits per heavy atom. The summed E-state index contributed by atoms with van der Waals surface area (Å²) < 4.78 is 47.9. The normalized spacial score (nSPS) is 10.9. The van der Waals surface area contributed by atoms with E-state index in [2.05, 4.69) is 11.4 Å². The van der Waals surface area contributed by atoms with Crippen LogP contribution in [0.25, 0.3) is 0 Å². The van der Waals surface area contributed by atoms with Crippen molar-refractivity contribution in [1.82, 2.24) is 0 Å². The highest BCUT2D eigenvalue weighted by atomic mass is 27.3. The second-order valence-corrected chi connectivity index (χ2v) is 3.76. The van der Waals surface area contributed by atoms with E-state index in [0.717, 1.165) is 0 Å². The smallest absolute Gasteiger partial charge is 0.547 e. The number of rotatable bonds is 6. The molecule has 0 N–H and O–H groups in total. The van der Waals surface area contributed by atoms with E-state index in [4.69, 9.17) is 0 Å². The van der Waals surface area contributed by atoms with Crippen molar-refractivity contribution in [1.29, 1.82) is 0 Å². The molecular formula is C9H6AlF3O6. The molecule has 0 amide bonds. The fraction of sp³-hybridized carbons (Fsp3) is 0. The van der Waals surface area contributed by atoms with Crippen LogP contribution < -0.4 is 0 Å². The molecule has 0 heterocycles. The van der Waals surface area contributed by atoms with Crippen molar-refractivity contribution in [2.75, 3.05) is 0 Å². The van der Waals surface area contributed by atoms with Gasteiger partial charge in [-0.3, -0.25) is 14.4 Å². The lowest BCUT2D eigenvalue weighted by atomic mass is 10.7. The van der Waals surface area contributed by atoms with Crippen molar-refractivity contribution < 1.29 is 38.9 Å². The summed E-state index contributed by atoms with van der Waals surface area (Å²) in [4.78, 5) is 32.6. The van der Waals surface area contributed by atoms with Gasteiger partial charge in [-0.1, -0.05) is 0 Å². The molecular weight excluding hydrogens is 288 g/mol. The Labute approximate surface area is 110 Å². The van der Waals surface area contributed by atoms with E-state index in [0.29, 0.717) is 18.2 Å². The van der Waals surface area contributed by atoms with Crippen molar-refractivity contribution in [2.24, 2.45) is 0 Å². The standard InChI is InChI=1S/3C3H3FO2.Al/c3*4-2-1-3(5)6;/h3*1-2H,(H,5,6);/q;;;+3/p-3. The number of hydrogen-bond donors (Lipinski definition) is 0. The van der Waals surface area contributed by atoms with Crippen LogP contribution in [-0.2, 0) is 25.7 Å². The SMILES string of the molecule is O=C(C=CF)[O][Al]([O]C(=O)C=CF)[O]C(=O)C=CF. The van der Waals surface area contributed by atoms with Crippen molar-refractivity contribution >= 4 is 33.1 Å². The fourth-order valence-corrected chi connectivity index (χ4v) is 1.58. The Hall–Kier alpha value is -2.05. The molecule has 0 aromatic heterocycles. The molecule has 6 nitrogen and oxygen atoms in total. The zero-order valence-electron chi connectivity index (χ0n) is 9.12. The second-order valence-electron chi connectivity index (χ2n) is 2.48. The van der Waals surface area contributed by atoms with Crippen molar-refractivity contribution in [3.05, 3.63) is 37.2 Å². The molecule has 19 heavy (non-hydrogen) atoms. The van der Waals surface area contributed by atoms with Crippen LogP contribution in [0.2, 0.25) is 0 Å². The summed E-state index contributed by atoms with van der Waals surface area (Å²) >= 11 is -3.70. The lowest BCUT2D eigenvalue weighted by molar-refractivity contribution is -0.141. The van der Waals surface area contributed by atoms with E-state index < -0.39 is 33.1 Å². The monoisotopic (exact) mass is 294 g/mol. The van der Waals surface area contributed by atoms with Gasteiger partial charge in [0, 0.05) is 18.2 Å². The molecule has 0 radical (unpaired) electrons. The van der Waals surface area contributed by atoms with Gasteiger partial charge in [0.2, 0.25) is 0 Å². The second kappa shape index (κ2) is 9.93. The summed E-state index contributed by atoms with van der Waals surface area (Å²) in [6.07, 6.45) is 0.452. The average molecular weight is 294 g/mol. The maximum absolute atomic E-state index is 11.7. The summed E-state index contributed by atoms with van der Waals surface area (Å²) in [5, 5.41) is 0. The summed E-state index contributed by atoms with van der Waals surface area (Å²) in [5.41, 5.74) is 0. The minimum absolute atomic E-state index is 0.166. The summed E-state index contributed by atoms with van der Waals surface area (Å²) in [6.45, 7) is 0. The molecule has 0 aromatic rings. The molecule has 0 aliphatic rings. The molecule has 0 aliphatic heterocycles. The minimum atomic E-state index is -3.70. The molecule has 0 saturated heterocycles. The quantitative estimate of drug-likeness (QED) is 0.538. The van der Waals surface area contributed by atoms with Crippen LogP contribution in [0.15, 0.2) is 37.2 Å². The molecule has 0 rings (SSSR count). The lowest BCUT2D eigenvalue weighted by Crippen LogP contribution is -2.33. The number of carbonyl (C=O) groups excluding carboxylic acids is 3. The predicted octanol–water partition coefficient (Wildman–Crippen LogP) is 1.05. The van der Waals surface area contributed by atoms with Gasteiger partial charge in [-0.15, -0.1) is 0 Å². The highest BCUT2D eigenvalue weighted by Crippen LogP contribution is 1.99. The van der Waals surface area contributed by atoms with Gasteiger partial charge in [0.1, 0.15) is 0 Å². The Bertz CT molecular complexity index is 358. The number of halogens is 3. The molecule has 0 unspecified atom stereocenters. The Morgan fingerprint density at radius 2 is 0.947 bits per heavy atom. The van der Waals surface area contributed by atoms with E-state index >= 15 is 0 Å². The maximum atomic E-state index is 11.7. The van der Waals surface area contributed by atoms with Crippen LogP contribution in [0.1, 0.15) is 0 Å². The number of carbonyl (C=O) groups is 3. The van der Waals surface area contributed by atoms with Crippen LogP contribution in [0, 0.1) is 0 Å². The Balaban J connectivity index is 4.67. The molecule has 0 aromatic carbocycles. The molecule has 0 bridgehead atoms. The first-order valence-electron chi connectivity index (χ1n) is 4.45. The third-order valence-corrected chi connectivity index (χ3v) is 2.51. The summed E-state index contributed by atoms with van der Waals surface area (Å²) in [5.74, 6) is -3.89. The number of hydrogen-bond acceptors (Lipinski definition) is 6. The topological polar surface area (TPSA) is 78.9 Å². The first-order valence-corrected chi connectivity index (χ1v) is 5.87. The van der Waals surface area contributed by atoms with Crippen LogP contribution >= 0.6 is 0 Å².